The molecule has 4 heteroatoms. The van der Waals surface area contributed by atoms with Gasteiger partial charge in [-0.25, -0.2) is 0 Å². The molecule has 0 amide bonds. The first-order valence-corrected chi connectivity index (χ1v) is 3.79. The van der Waals surface area contributed by atoms with Crippen LogP contribution in [0.15, 0.2) is 0 Å². The monoisotopic (exact) mass is 178 g/mol. The molecule has 0 fully saturated rings. The lowest BCUT2D eigenvalue weighted by atomic mass is 10.2. The Morgan fingerprint density at radius 3 is 2.45 bits per heavy atom. The number of alkyl halides is 1. The van der Waals surface area contributed by atoms with E-state index >= 15 is 0 Å². The highest BCUT2D eigenvalue weighted by Gasteiger charge is 2.16. The Bertz CT molecular complexity index is 156. The molecule has 0 aliphatic carbocycles. The fraction of sp³-hybridized carbons (Fsp3) is 0.714. The summed E-state index contributed by atoms with van der Waals surface area (Å²) in [5.74, 6) is -0.810. The molecule has 0 aliphatic rings. The van der Waals surface area contributed by atoms with Crippen LogP contribution in [0.5, 0.6) is 0 Å². The van der Waals surface area contributed by atoms with E-state index in [9.17, 15) is 9.59 Å². The zero-order valence-corrected chi connectivity index (χ0v) is 7.35. The van der Waals surface area contributed by atoms with Crippen molar-refractivity contribution in [3.05, 3.63) is 0 Å². The molecule has 0 aliphatic heterocycles. The molecule has 0 heterocycles. The van der Waals surface area contributed by atoms with Crippen molar-refractivity contribution in [2.45, 2.75) is 25.1 Å². The molecule has 0 aromatic rings. The predicted molar refractivity (Wildman–Crippen MR) is 41.6 cm³/mol. The van der Waals surface area contributed by atoms with Crippen LogP contribution in [0.3, 0.4) is 0 Å². The molecule has 0 aromatic carbocycles. The molecule has 0 aromatic heterocycles. The highest BCUT2D eigenvalue weighted by molar-refractivity contribution is 6.32. The Balaban J connectivity index is 3.77. The van der Waals surface area contributed by atoms with Crippen LogP contribution in [0.4, 0.5) is 0 Å². The van der Waals surface area contributed by atoms with Crippen molar-refractivity contribution >= 4 is 23.4 Å². The number of hydrogen-bond acceptors (Lipinski definition) is 3. The van der Waals surface area contributed by atoms with Crippen molar-refractivity contribution in [1.82, 2.24) is 0 Å². The van der Waals surface area contributed by atoms with Crippen LogP contribution in [0.1, 0.15) is 19.8 Å². The topological polar surface area (TPSA) is 43.4 Å². The molecule has 64 valence electrons. The van der Waals surface area contributed by atoms with E-state index < -0.39 is 11.3 Å². The van der Waals surface area contributed by atoms with E-state index in [1.807, 2.05) is 0 Å². The summed E-state index contributed by atoms with van der Waals surface area (Å²) in [6.07, 6.45) is 0.315. The summed E-state index contributed by atoms with van der Waals surface area (Å²) < 4.78 is 4.30. The molecular formula is C7H11ClO3. The van der Waals surface area contributed by atoms with Gasteiger partial charge in [0.15, 0.2) is 5.78 Å². The van der Waals surface area contributed by atoms with E-state index in [2.05, 4.69) is 4.74 Å². The van der Waals surface area contributed by atoms with Gasteiger partial charge in [-0.1, -0.05) is 6.92 Å². The Morgan fingerprint density at radius 1 is 1.55 bits per heavy atom. The van der Waals surface area contributed by atoms with Crippen molar-refractivity contribution in [1.29, 1.82) is 0 Å². The second-order valence-corrected chi connectivity index (χ2v) is 2.62. The van der Waals surface area contributed by atoms with Crippen LogP contribution in [0.25, 0.3) is 0 Å². The van der Waals surface area contributed by atoms with E-state index in [0.717, 1.165) is 0 Å². The zero-order chi connectivity index (χ0) is 8.85. The Labute approximate surface area is 70.7 Å². The smallest absolute Gasteiger partial charge is 0.313 e. The molecule has 0 spiro atoms. The van der Waals surface area contributed by atoms with Gasteiger partial charge >= 0.3 is 5.97 Å². The lowest BCUT2D eigenvalue weighted by Gasteiger charge is -2.02. The number of carbonyl (C=O) groups excluding carboxylic acids is 2. The molecule has 0 N–H and O–H groups in total. The molecule has 1 unspecified atom stereocenters. The van der Waals surface area contributed by atoms with Gasteiger partial charge in [0.25, 0.3) is 0 Å². The summed E-state index contributed by atoms with van der Waals surface area (Å²) in [7, 11) is 1.24. The van der Waals surface area contributed by atoms with Crippen molar-refractivity contribution in [2.24, 2.45) is 0 Å². The van der Waals surface area contributed by atoms with Crippen LogP contribution >= 0.6 is 11.6 Å². The summed E-state index contributed by atoms with van der Waals surface area (Å²) in [6.45, 7) is 1.78. The van der Waals surface area contributed by atoms with E-state index in [1.54, 1.807) is 6.92 Å². The van der Waals surface area contributed by atoms with E-state index in [-0.39, 0.29) is 12.2 Å². The number of hydrogen-bond donors (Lipinski definition) is 0. The number of ketones is 1. The zero-order valence-electron chi connectivity index (χ0n) is 6.59. The minimum atomic E-state index is -0.561. The van der Waals surface area contributed by atoms with Crippen LogP contribution in [0, 0.1) is 0 Å². The molecule has 0 saturated carbocycles. The second kappa shape index (κ2) is 5.13. The van der Waals surface area contributed by atoms with E-state index in [4.69, 9.17) is 11.6 Å². The largest absolute Gasteiger partial charge is 0.469 e. The maximum Gasteiger partial charge on any atom is 0.313 e. The average molecular weight is 179 g/mol. The lowest BCUT2D eigenvalue weighted by molar-refractivity contribution is -0.143. The third-order valence-electron chi connectivity index (χ3n) is 1.25. The first-order chi connectivity index (χ1) is 5.11. The van der Waals surface area contributed by atoms with Crippen molar-refractivity contribution in [3.63, 3.8) is 0 Å². The molecule has 0 saturated heterocycles. The van der Waals surface area contributed by atoms with Gasteiger partial charge in [-0.15, -0.1) is 11.6 Å². The molecule has 0 bridgehead atoms. The predicted octanol–water partition coefficient (Wildman–Crippen LogP) is 1.14. The summed E-state index contributed by atoms with van der Waals surface area (Å²) in [5, 5.41) is -0.561. The van der Waals surface area contributed by atoms with Gasteiger partial charge in [-0.3, -0.25) is 9.59 Å². The first kappa shape index (κ1) is 10.4. The maximum atomic E-state index is 10.9. The van der Waals surface area contributed by atoms with Crippen LogP contribution in [0.2, 0.25) is 0 Å². The summed E-state index contributed by atoms with van der Waals surface area (Å²) in [5.41, 5.74) is 0. The standard InChI is InChI=1S/C7H11ClO3/c1-3-5(8)6(9)4-7(10)11-2/h5H,3-4H2,1-2H3. The Morgan fingerprint density at radius 2 is 2.09 bits per heavy atom. The van der Waals surface area contributed by atoms with Crippen LogP contribution in [-0.4, -0.2) is 24.2 Å². The van der Waals surface area contributed by atoms with Crippen molar-refractivity contribution in [3.8, 4) is 0 Å². The Hall–Kier alpha value is -0.570. The van der Waals surface area contributed by atoms with Crippen LogP contribution < -0.4 is 0 Å². The van der Waals surface area contributed by atoms with Gasteiger partial charge in [-0.2, -0.15) is 0 Å². The van der Waals surface area contributed by atoms with Gasteiger partial charge in [0, 0.05) is 0 Å². The first-order valence-electron chi connectivity index (χ1n) is 3.35. The molecule has 0 radical (unpaired) electrons. The molecule has 11 heavy (non-hydrogen) atoms. The van der Waals surface area contributed by atoms with Gasteiger partial charge in [-0.05, 0) is 6.42 Å². The lowest BCUT2D eigenvalue weighted by Crippen LogP contribution is -2.18. The minimum Gasteiger partial charge on any atom is -0.469 e. The number of ether oxygens (including phenoxy) is 1. The van der Waals surface area contributed by atoms with Crippen molar-refractivity contribution in [2.75, 3.05) is 7.11 Å². The van der Waals surface area contributed by atoms with Gasteiger partial charge in [0.1, 0.15) is 6.42 Å². The number of methoxy groups -OCH3 is 1. The number of carbonyl (C=O) groups is 2. The molecular weight excluding hydrogens is 168 g/mol. The normalized spacial score (nSPS) is 12.3. The molecule has 3 nitrogen and oxygen atoms in total. The minimum absolute atomic E-state index is 0.224. The SMILES string of the molecule is CCC(Cl)C(=O)CC(=O)OC. The number of esters is 1. The van der Waals surface area contributed by atoms with Gasteiger partial charge in [0.2, 0.25) is 0 Å². The maximum absolute atomic E-state index is 10.9. The summed E-state index contributed by atoms with van der Waals surface area (Å²) in [6, 6.07) is 0. The average Bonchev–Trinajstić information content (AvgIpc) is 2.02. The molecule has 1 atom stereocenters. The van der Waals surface area contributed by atoms with E-state index in [0.29, 0.717) is 6.42 Å². The molecule has 0 rings (SSSR count). The van der Waals surface area contributed by atoms with Crippen molar-refractivity contribution < 1.29 is 14.3 Å². The number of Topliss-reactive ketones (excluding diaryl/α,β-unsaturated/α-hetero) is 1. The Kier molecular flexibility index (Phi) is 4.86. The fourth-order valence-corrected chi connectivity index (χ4v) is 0.630. The third kappa shape index (κ3) is 3.98. The summed E-state index contributed by atoms with van der Waals surface area (Å²) in [4.78, 5) is 21.5. The fourth-order valence-electron chi connectivity index (χ4n) is 0.553. The van der Waals surface area contributed by atoms with Crippen LogP contribution in [-0.2, 0) is 14.3 Å². The second-order valence-electron chi connectivity index (χ2n) is 2.10. The highest BCUT2D eigenvalue weighted by Crippen LogP contribution is 2.05. The highest BCUT2D eigenvalue weighted by atomic mass is 35.5. The van der Waals surface area contributed by atoms with Gasteiger partial charge in [0.05, 0.1) is 12.5 Å². The van der Waals surface area contributed by atoms with Gasteiger partial charge < -0.3 is 4.74 Å². The van der Waals surface area contributed by atoms with E-state index in [1.165, 1.54) is 7.11 Å². The number of halogens is 1. The number of rotatable bonds is 4. The quantitative estimate of drug-likeness (QED) is 0.368. The summed E-state index contributed by atoms with van der Waals surface area (Å²) >= 11 is 5.56. The third-order valence-corrected chi connectivity index (χ3v) is 1.81.